The highest BCUT2D eigenvalue weighted by molar-refractivity contribution is 9.10. The molecule has 0 spiro atoms. The number of halogens is 1. The van der Waals surface area contributed by atoms with Gasteiger partial charge in [0.1, 0.15) is 0 Å². The molecular weight excluding hydrogens is 454 g/mol. The van der Waals surface area contributed by atoms with Crippen LogP contribution >= 0.6 is 15.9 Å². The van der Waals surface area contributed by atoms with E-state index in [1.54, 1.807) is 12.1 Å². The third-order valence-corrected chi connectivity index (χ3v) is 5.94. The molecule has 2 amide bonds. The van der Waals surface area contributed by atoms with Crippen molar-refractivity contribution in [2.45, 2.75) is 6.92 Å². The van der Waals surface area contributed by atoms with Gasteiger partial charge in [0.15, 0.2) is 0 Å². The molecular formula is C25H24BrN3O2. The Morgan fingerprint density at radius 3 is 2.16 bits per heavy atom. The quantitative estimate of drug-likeness (QED) is 0.576. The van der Waals surface area contributed by atoms with Crippen LogP contribution in [0.4, 0.5) is 11.4 Å². The van der Waals surface area contributed by atoms with E-state index in [4.69, 9.17) is 0 Å². The topological polar surface area (TPSA) is 52.7 Å². The van der Waals surface area contributed by atoms with Crippen LogP contribution in [-0.2, 0) is 0 Å². The van der Waals surface area contributed by atoms with Crippen molar-refractivity contribution in [1.82, 2.24) is 4.90 Å². The fourth-order valence-corrected chi connectivity index (χ4v) is 4.03. The average Bonchev–Trinajstić information content (AvgIpc) is 2.80. The Morgan fingerprint density at radius 2 is 1.52 bits per heavy atom. The largest absolute Gasteiger partial charge is 0.368 e. The molecule has 0 bridgehead atoms. The van der Waals surface area contributed by atoms with E-state index in [1.807, 2.05) is 72.5 Å². The summed E-state index contributed by atoms with van der Waals surface area (Å²) in [5, 5.41) is 2.93. The van der Waals surface area contributed by atoms with Crippen LogP contribution in [0.1, 0.15) is 26.3 Å². The van der Waals surface area contributed by atoms with Crippen molar-refractivity contribution in [1.29, 1.82) is 0 Å². The molecule has 0 aromatic heterocycles. The Bertz CT molecular complexity index is 1070. The second-order valence-electron chi connectivity index (χ2n) is 7.66. The summed E-state index contributed by atoms with van der Waals surface area (Å²) >= 11 is 3.39. The summed E-state index contributed by atoms with van der Waals surface area (Å²) in [4.78, 5) is 29.3. The second-order valence-corrected chi connectivity index (χ2v) is 8.57. The van der Waals surface area contributed by atoms with E-state index in [0.29, 0.717) is 18.7 Å². The molecule has 6 heteroatoms. The number of hydrogen-bond donors (Lipinski definition) is 1. The van der Waals surface area contributed by atoms with E-state index in [1.165, 1.54) is 0 Å². The average molecular weight is 478 g/mol. The lowest BCUT2D eigenvalue weighted by Gasteiger charge is -2.36. The van der Waals surface area contributed by atoms with Crippen LogP contribution in [0.3, 0.4) is 0 Å². The summed E-state index contributed by atoms with van der Waals surface area (Å²) in [6.45, 7) is 4.95. The summed E-state index contributed by atoms with van der Waals surface area (Å²) in [7, 11) is 0. The number of piperazine rings is 1. The first-order valence-electron chi connectivity index (χ1n) is 10.3. The maximum Gasteiger partial charge on any atom is 0.255 e. The van der Waals surface area contributed by atoms with E-state index in [9.17, 15) is 9.59 Å². The molecule has 1 N–H and O–H groups in total. The van der Waals surface area contributed by atoms with Crippen molar-refractivity contribution < 1.29 is 9.59 Å². The number of nitrogens with zero attached hydrogens (tertiary/aromatic N) is 2. The minimum absolute atomic E-state index is 0.0882. The van der Waals surface area contributed by atoms with E-state index in [-0.39, 0.29) is 11.8 Å². The van der Waals surface area contributed by atoms with E-state index in [0.717, 1.165) is 40.1 Å². The van der Waals surface area contributed by atoms with Gasteiger partial charge >= 0.3 is 0 Å². The zero-order valence-corrected chi connectivity index (χ0v) is 18.9. The molecule has 1 heterocycles. The zero-order chi connectivity index (χ0) is 21.8. The number of nitrogens with one attached hydrogen (secondary N) is 1. The fraction of sp³-hybridized carbons (Fsp3) is 0.200. The third kappa shape index (κ3) is 5.14. The summed E-state index contributed by atoms with van der Waals surface area (Å²) in [5.41, 5.74) is 4.33. The van der Waals surface area contributed by atoms with E-state index >= 15 is 0 Å². The number of anilines is 2. The van der Waals surface area contributed by atoms with Crippen LogP contribution in [0, 0.1) is 6.92 Å². The molecule has 0 aliphatic carbocycles. The standard InChI is InChI=1S/C25H24BrN3O2/c1-18-5-7-19(8-6-18)25(31)29-15-13-28(14-16-29)23-11-9-22(10-12-23)27-24(30)20-3-2-4-21(26)17-20/h2-12,17H,13-16H2,1H3,(H,27,30). The Morgan fingerprint density at radius 1 is 0.839 bits per heavy atom. The molecule has 4 rings (SSSR count). The van der Waals surface area contributed by atoms with Crippen LogP contribution in [0.15, 0.2) is 77.3 Å². The smallest absolute Gasteiger partial charge is 0.255 e. The molecule has 1 saturated heterocycles. The Labute approximate surface area is 190 Å². The van der Waals surface area contributed by atoms with Crippen LogP contribution in [0.5, 0.6) is 0 Å². The molecule has 1 aliphatic rings. The van der Waals surface area contributed by atoms with Gasteiger partial charge in [-0.2, -0.15) is 0 Å². The summed E-state index contributed by atoms with van der Waals surface area (Å²) in [5.74, 6) is -0.0532. The lowest BCUT2D eigenvalue weighted by molar-refractivity contribution is 0.0746. The molecule has 0 atom stereocenters. The highest BCUT2D eigenvalue weighted by Crippen LogP contribution is 2.21. The zero-order valence-electron chi connectivity index (χ0n) is 17.3. The van der Waals surface area contributed by atoms with Gasteiger partial charge in [-0.1, -0.05) is 39.7 Å². The van der Waals surface area contributed by atoms with E-state index < -0.39 is 0 Å². The Balaban J connectivity index is 1.33. The van der Waals surface area contributed by atoms with Crippen molar-refractivity contribution in [3.63, 3.8) is 0 Å². The normalized spacial score (nSPS) is 13.7. The third-order valence-electron chi connectivity index (χ3n) is 5.44. The van der Waals surface area contributed by atoms with Crippen molar-refractivity contribution in [2.75, 3.05) is 36.4 Å². The minimum atomic E-state index is -0.141. The molecule has 158 valence electrons. The van der Waals surface area contributed by atoms with Crippen LogP contribution in [0.2, 0.25) is 0 Å². The molecule has 0 unspecified atom stereocenters. The van der Waals surface area contributed by atoms with Gasteiger partial charge in [-0.3, -0.25) is 9.59 Å². The van der Waals surface area contributed by atoms with Gasteiger partial charge in [0.2, 0.25) is 0 Å². The molecule has 0 saturated carbocycles. The molecule has 31 heavy (non-hydrogen) atoms. The predicted octanol–water partition coefficient (Wildman–Crippen LogP) is 4.97. The SMILES string of the molecule is Cc1ccc(C(=O)N2CCN(c3ccc(NC(=O)c4cccc(Br)c4)cc3)CC2)cc1. The highest BCUT2D eigenvalue weighted by Gasteiger charge is 2.22. The van der Waals surface area contributed by atoms with Gasteiger partial charge in [-0.05, 0) is 61.5 Å². The second kappa shape index (κ2) is 9.35. The maximum atomic E-state index is 12.7. The van der Waals surface area contributed by atoms with Crippen LogP contribution in [-0.4, -0.2) is 42.9 Å². The van der Waals surface area contributed by atoms with Crippen molar-refractivity contribution in [3.05, 3.63) is 94.0 Å². The predicted molar refractivity (Wildman–Crippen MR) is 128 cm³/mol. The monoisotopic (exact) mass is 477 g/mol. The number of aryl methyl sites for hydroxylation is 1. The van der Waals surface area contributed by atoms with Crippen LogP contribution < -0.4 is 10.2 Å². The first-order chi connectivity index (χ1) is 15.0. The van der Waals surface area contributed by atoms with Gasteiger partial charge < -0.3 is 15.1 Å². The molecule has 1 aliphatic heterocycles. The van der Waals surface area contributed by atoms with Gasteiger partial charge in [0.05, 0.1) is 0 Å². The summed E-state index contributed by atoms with van der Waals surface area (Å²) < 4.78 is 0.871. The van der Waals surface area contributed by atoms with Gasteiger partial charge in [0.25, 0.3) is 11.8 Å². The van der Waals surface area contributed by atoms with Crippen LogP contribution in [0.25, 0.3) is 0 Å². The van der Waals surface area contributed by atoms with E-state index in [2.05, 4.69) is 26.1 Å². The molecule has 5 nitrogen and oxygen atoms in total. The Hall–Kier alpha value is -3.12. The van der Waals surface area contributed by atoms with Gasteiger partial charge in [-0.25, -0.2) is 0 Å². The first-order valence-corrected chi connectivity index (χ1v) is 11.1. The molecule has 3 aromatic rings. The fourth-order valence-electron chi connectivity index (χ4n) is 3.64. The van der Waals surface area contributed by atoms with Crippen molar-refractivity contribution in [3.8, 4) is 0 Å². The first kappa shape index (κ1) is 21.1. The number of benzene rings is 3. The lowest BCUT2D eigenvalue weighted by atomic mass is 10.1. The Kier molecular flexibility index (Phi) is 6.37. The maximum absolute atomic E-state index is 12.7. The lowest BCUT2D eigenvalue weighted by Crippen LogP contribution is -2.48. The molecule has 1 fully saturated rings. The number of amides is 2. The highest BCUT2D eigenvalue weighted by atomic mass is 79.9. The molecule has 0 radical (unpaired) electrons. The van der Waals surface area contributed by atoms with Crippen molar-refractivity contribution in [2.24, 2.45) is 0 Å². The number of carbonyl (C=O) groups is 2. The molecule has 3 aromatic carbocycles. The van der Waals surface area contributed by atoms with Crippen molar-refractivity contribution >= 4 is 39.1 Å². The number of hydrogen-bond acceptors (Lipinski definition) is 3. The summed E-state index contributed by atoms with van der Waals surface area (Å²) in [6, 6.07) is 22.9. The summed E-state index contributed by atoms with van der Waals surface area (Å²) in [6.07, 6.45) is 0. The number of rotatable bonds is 4. The number of carbonyl (C=O) groups excluding carboxylic acids is 2. The minimum Gasteiger partial charge on any atom is -0.368 e. The van der Waals surface area contributed by atoms with Gasteiger partial charge in [-0.15, -0.1) is 0 Å². The van der Waals surface area contributed by atoms with Gasteiger partial charge in [0, 0.05) is 53.2 Å².